The quantitative estimate of drug-likeness (QED) is 0.124. The van der Waals surface area contributed by atoms with Crippen LogP contribution >= 0.6 is 11.8 Å². The number of thioether (sulfide) groups is 1. The van der Waals surface area contributed by atoms with E-state index in [2.05, 4.69) is 10.6 Å². The summed E-state index contributed by atoms with van der Waals surface area (Å²) in [6.45, 7) is 0. The first kappa shape index (κ1) is 33.5. The normalized spacial score (nSPS) is 14.4. The predicted molar refractivity (Wildman–Crippen MR) is 181 cm³/mol. The fourth-order valence-electron chi connectivity index (χ4n) is 4.86. The largest absolute Gasteiger partial charge is 0.493 e. The molecule has 0 bridgehead atoms. The van der Waals surface area contributed by atoms with Crippen LogP contribution < -0.4 is 25.0 Å². The first-order chi connectivity index (χ1) is 23.2. The molecule has 12 heteroatoms. The minimum Gasteiger partial charge on any atom is -0.493 e. The number of esters is 1. The highest BCUT2D eigenvalue weighted by Gasteiger charge is 2.40. The number of anilines is 2. The van der Waals surface area contributed by atoms with Crippen LogP contribution in [0.15, 0.2) is 108 Å². The van der Waals surface area contributed by atoms with Gasteiger partial charge in [-0.15, -0.1) is 11.8 Å². The molecule has 2 N–H and O–H groups in total. The molecule has 1 aliphatic rings. The van der Waals surface area contributed by atoms with Crippen molar-refractivity contribution in [3.05, 3.63) is 119 Å². The zero-order chi connectivity index (χ0) is 34.2. The van der Waals surface area contributed by atoms with E-state index in [0.717, 1.165) is 4.90 Å². The van der Waals surface area contributed by atoms with Gasteiger partial charge in [0, 0.05) is 22.6 Å². The van der Waals surface area contributed by atoms with Crippen LogP contribution in [0.2, 0.25) is 0 Å². The summed E-state index contributed by atoms with van der Waals surface area (Å²) in [6.07, 6.45) is 1.53. The van der Waals surface area contributed by atoms with Gasteiger partial charge in [-0.2, -0.15) is 0 Å². The maximum absolute atomic E-state index is 13.5. The van der Waals surface area contributed by atoms with Crippen LogP contribution in [-0.2, 0) is 19.1 Å². The molecule has 11 nitrogen and oxygen atoms in total. The summed E-state index contributed by atoms with van der Waals surface area (Å²) in [5, 5.41) is 4.85. The Balaban J connectivity index is 1.29. The van der Waals surface area contributed by atoms with Crippen LogP contribution in [0.4, 0.5) is 11.4 Å². The Kier molecular flexibility index (Phi) is 10.6. The Morgan fingerprint density at radius 2 is 1.50 bits per heavy atom. The number of hydrogen-bond donors (Lipinski definition) is 2. The zero-order valence-electron chi connectivity index (χ0n) is 26.2. The average molecular weight is 666 g/mol. The molecule has 1 saturated heterocycles. The van der Waals surface area contributed by atoms with Crippen LogP contribution in [0.25, 0.3) is 6.08 Å². The number of amides is 4. The van der Waals surface area contributed by atoms with Crippen LogP contribution in [0.3, 0.4) is 0 Å². The van der Waals surface area contributed by atoms with Gasteiger partial charge in [0.2, 0.25) is 11.8 Å². The molecular weight excluding hydrogens is 634 g/mol. The molecule has 0 saturated carbocycles. The molecule has 0 aromatic heterocycles. The third-order valence-corrected chi connectivity index (χ3v) is 8.49. The number of ether oxygens (including phenoxy) is 3. The molecule has 0 radical (unpaired) electrons. The van der Waals surface area contributed by atoms with Crippen molar-refractivity contribution >= 4 is 58.8 Å². The van der Waals surface area contributed by atoms with E-state index in [1.54, 1.807) is 72.8 Å². The van der Waals surface area contributed by atoms with Gasteiger partial charge < -0.3 is 24.8 Å². The van der Waals surface area contributed by atoms with Crippen LogP contribution in [0, 0.1) is 0 Å². The Morgan fingerprint density at radius 3 is 2.15 bits per heavy atom. The standard InChI is InChI=1S/C36H31N3O8S/c1-45-29-18-9-22(20-30(29)46-2)19-28(38-33(41)23-7-5-4-6-8-23)34(42)37-25-12-16-27(17-13-25)48-31-21-32(40)39(35(31)43)26-14-10-24(11-15-26)36(44)47-3/h4-20,31H,21H2,1-3H3,(H,37,42)(H,38,41)/b28-19-. The second kappa shape index (κ2) is 15.1. The van der Waals surface area contributed by atoms with E-state index in [4.69, 9.17) is 14.2 Å². The molecule has 5 rings (SSSR count). The fraction of sp³-hybridized carbons (Fsp3) is 0.139. The number of nitrogens with one attached hydrogen (secondary N) is 2. The fourth-order valence-corrected chi connectivity index (χ4v) is 5.92. The smallest absolute Gasteiger partial charge is 0.337 e. The van der Waals surface area contributed by atoms with E-state index in [9.17, 15) is 24.0 Å². The summed E-state index contributed by atoms with van der Waals surface area (Å²) in [7, 11) is 4.29. The molecule has 1 heterocycles. The molecule has 244 valence electrons. The second-order valence-electron chi connectivity index (χ2n) is 10.4. The van der Waals surface area contributed by atoms with Crippen molar-refractivity contribution in [3.8, 4) is 11.5 Å². The number of carbonyl (C=O) groups is 5. The second-order valence-corrected chi connectivity index (χ2v) is 11.7. The maximum atomic E-state index is 13.5. The van der Waals surface area contributed by atoms with Crippen molar-refractivity contribution in [2.24, 2.45) is 0 Å². The van der Waals surface area contributed by atoms with E-state index >= 15 is 0 Å². The first-order valence-electron chi connectivity index (χ1n) is 14.6. The lowest BCUT2D eigenvalue weighted by atomic mass is 10.1. The Labute approximate surface area is 280 Å². The maximum Gasteiger partial charge on any atom is 0.337 e. The van der Waals surface area contributed by atoms with Gasteiger partial charge >= 0.3 is 5.97 Å². The minimum absolute atomic E-state index is 0.00610. The highest BCUT2D eigenvalue weighted by molar-refractivity contribution is 8.00. The van der Waals surface area contributed by atoms with Gasteiger partial charge in [-0.05, 0) is 84.4 Å². The number of imide groups is 1. The molecule has 1 atom stereocenters. The lowest BCUT2D eigenvalue weighted by Crippen LogP contribution is -2.31. The van der Waals surface area contributed by atoms with E-state index in [0.29, 0.717) is 44.5 Å². The summed E-state index contributed by atoms with van der Waals surface area (Å²) in [5.41, 5.74) is 2.07. The molecule has 0 spiro atoms. The summed E-state index contributed by atoms with van der Waals surface area (Å²) < 4.78 is 15.4. The molecule has 1 unspecified atom stereocenters. The Bertz CT molecular complexity index is 1880. The number of benzene rings is 4. The van der Waals surface area contributed by atoms with E-state index in [1.807, 2.05) is 0 Å². The predicted octanol–water partition coefficient (Wildman–Crippen LogP) is 5.32. The highest BCUT2D eigenvalue weighted by Crippen LogP contribution is 2.35. The lowest BCUT2D eigenvalue weighted by molar-refractivity contribution is -0.121. The Hall–Kier alpha value is -5.88. The number of rotatable bonds is 11. The first-order valence-corrected chi connectivity index (χ1v) is 15.5. The van der Waals surface area contributed by atoms with Crippen molar-refractivity contribution in [2.75, 3.05) is 31.5 Å². The van der Waals surface area contributed by atoms with Crippen molar-refractivity contribution < 1.29 is 38.2 Å². The molecular formula is C36H31N3O8S. The summed E-state index contributed by atoms with van der Waals surface area (Å²) in [4.78, 5) is 66.0. The third kappa shape index (κ3) is 7.73. The van der Waals surface area contributed by atoms with E-state index < -0.39 is 23.0 Å². The van der Waals surface area contributed by atoms with Crippen LogP contribution in [-0.4, -0.2) is 56.2 Å². The summed E-state index contributed by atoms with van der Waals surface area (Å²) in [5.74, 6) is -1.30. The Morgan fingerprint density at radius 1 is 0.812 bits per heavy atom. The van der Waals surface area contributed by atoms with Gasteiger partial charge in [-0.25, -0.2) is 9.69 Å². The van der Waals surface area contributed by atoms with Crippen LogP contribution in [0.1, 0.15) is 32.7 Å². The highest BCUT2D eigenvalue weighted by atomic mass is 32.2. The molecule has 4 aromatic carbocycles. The van der Waals surface area contributed by atoms with Crippen molar-refractivity contribution in [2.45, 2.75) is 16.6 Å². The molecule has 1 aliphatic heterocycles. The van der Waals surface area contributed by atoms with Gasteiger partial charge in [0.05, 0.1) is 37.8 Å². The van der Waals surface area contributed by atoms with Crippen LogP contribution in [0.5, 0.6) is 11.5 Å². The van der Waals surface area contributed by atoms with Gasteiger partial charge in [-0.3, -0.25) is 19.2 Å². The minimum atomic E-state index is -0.651. The zero-order valence-corrected chi connectivity index (χ0v) is 27.0. The topological polar surface area (TPSA) is 140 Å². The third-order valence-electron chi connectivity index (χ3n) is 7.29. The molecule has 48 heavy (non-hydrogen) atoms. The molecule has 1 fully saturated rings. The van der Waals surface area contributed by atoms with Crippen molar-refractivity contribution in [1.82, 2.24) is 5.32 Å². The number of nitrogens with zero attached hydrogens (tertiary/aromatic N) is 1. The summed E-state index contributed by atoms with van der Waals surface area (Å²) >= 11 is 1.23. The van der Waals surface area contributed by atoms with E-state index in [-0.39, 0.29) is 23.9 Å². The van der Waals surface area contributed by atoms with Gasteiger partial charge in [0.15, 0.2) is 11.5 Å². The van der Waals surface area contributed by atoms with Gasteiger partial charge in [0.1, 0.15) is 5.70 Å². The lowest BCUT2D eigenvalue weighted by Gasteiger charge is -2.15. The van der Waals surface area contributed by atoms with Gasteiger partial charge in [0.25, 0.3) is 11.8 Å². The molecule has 4 aromatic rings. The number of hydrogen-bond acceptors (Lipinski definition) is 9. The summed E-state index contributed by atoms with van der Waals surface area (Å²) in [6, 6.07) is 26.5. The van der Waals surface area contributed by atoms with Crippen molar-refractivity contribution in [1.29, 1.82) is 0 Å². The van der Waals surface area contributed by atoms with E-state index in [1.165, 1.54) is 63.4 Å². The monoisotopic (exact) mass is 665 g/mol. The number of carbonyl (C=O) groups excluding carboxylic acids is 5. The van der Waals surface area contributed by atoms with Crippen molar-refractivity contribution in [3.63, 3.8) is 0 Å². The number of methoxy groups -OCH3 is 3. The average Bonchev–Trinajstić information content (AvgIpc) is 3.39. The SMILES string of the molecule is COC(=O)c1ccc(N2C(=O)CC(Sc3ccc(NC(=O)/C(=C/c4ccc(OC)c(OC)c4)NC(=O)c4ccccc4)cc3)C2=O)cc1. The molecule has 0 aliphatic carbocycles. The van der Waals surface area contributed by atoms with Gasteiger partial charge in [-0.1, -0.05) is 24.3 Å². The molecule has 4 amide bonds.